The standard InChI is InChI=1S/C17H22N2/c1-3-14-16-12(1)9-13-2-4-15(17(13)16)19(14)10-11-5-7-18-8-6-11/h5-8,12-17H,1-4,9-10H2. The van der Waals surface area contributed by atoms with E-state index in [-0.39, 0.29) is 0 Å². The molecule has 4 fully saturated rings. The zero-order valence-corrected chi connectivity index (χ0v) is 11.4. The minimum Gasteiger partial charge on any atom is -0.293 e. The van der Waals surface area contributed by atoms with Gasteiger partial charge in [-0.3, -0.25) is 9.88 Å². The van der Waals surface area contributed by atoms with Crippen molar-refractivity contribution in [2.75, 3.05) is 0 Å². The number of nitrogens with zero attached hydrogens (tertiary/aromatic N) is 2. The first-order valence-electron chi connectivity index (χ1n) is 8.06. The van der Waals surface area contributed by atoms with Crippen LogP contribution in [0.4, 0.5) is 0 Å². The second-order valence-corrected chi connectivity index (χ2v) is 7.23. The average molecular weight is 254 g/mol. The molecule has 0 N–H and O–H groups in total. The van der Waals surface area contributed by atoms with Gasteiger partial charge < -0.3 is 0 Å². The molecule has 6 unspecified atom stereocenters. The van der Waals surface area contributed by atoms with E-state index in [1.807, 2.05) is 12.4 Å². The quantitative estimate of drug-likeness (QED) is 0.806. The van der Waals surface area contributed by atoms with Crippen LogP contribution in [0.5, 0.6) is 0 Å². The van der Waals surface area contributed by atoms with Crippen LogP contribution in [0.25, 0.3) is 0 Å². The normalized spacial score (nSPS) is 46.9. The van der Waals surface area contributed by atoms with Crippen LogP contribution in [-0.2, 0) is 6.54 Å². The van der Waals surface area contributed by atoms with Gasteiger partial charge in [-0.1, -0.05) is 0 Å². The van der Waals surface area contributed by atoms with E-state index in [4.69, 9.17) is 0 Å². The molecule has 6 atom stereocenters. The van der Waals surface area contributed by atoms with Crippen molar-refractivity contribution >= 4 is 0 Å². The third-order valence-electron chi connectivity index (χ3n) is 6.66. The van der Waals surface area contributed by atoms with Crippen molar-refractivity contribution in [3.8, 4) is 0 Å². The van der Waals surface area contributed by atoms with Crippen LogP contribution < -0.4 is 0 Å². The van der Waals surface area contributed by atoms with Gasteiger partial charge in [0.05, 0.1) is 0 Å². The number of likely N-dealkylation sites (tertiary alicyclic amines) is 1. The van der Waals surface area contributed by atoms with E-state index < -0.39 is 0 Å². The molecule has 1 saturated heterocycles. The second kappa shape index (κ2) is 3.82. The summed E-state index contributed by atoms with van der Waals surface area (Å²) in [5.74, 6) is 4.31. The van der Waals surface area contributed by atoms with Crippen LogP contribution in [0.3, 0.4) is 0 Å². The van der Waals surface area contributed by atoms with Gasteiger partial charge in [0, 0.05) is 31.0 Å². The summed E-state index contributed by atoms with van der Waals surface area (Å²) < 4.78 is 0. The molecule has 0 spiro atoms. The Hall–Kier alpha value is -0.890. The van der Waals surface area contributed by atoms with Crippen LogP contribution in [0.15, 0.2) is 24.5 Å². The lowest BCUT2D eigenvalue weighted by Crippen LogP contribution is -2.35. The van der Waals surface area contributed by atoms with Crippen LogP contribution in [0.1, 0.15) is 37.7 Å². The Balaban J connectivity index is 1.47. The molecule has 3 aliphatic carbocycles. The predicted octanol–water partition coefficient (Wildman–Crippen LogP) is 3.09. The van der Waals surface area contributed by atoms with Crippen molar-refractivity contribution in [1.82, 2.24) is 9.88 Å². The molecule has 2 heterocycles. The number of aromatic nitrogens is 1. The highest BCUT2D eigenvalue weighted by molar-refractivity contribution is 5.17. The van der Waals surface area contributed by atoms with E-state index >= 15 is 0 Å². The first-order chi connectivity index (χ1) is 9.42. The smallest absolute Gasteiger partial charge is 0.0271 e. The molecule has 0 aromatic carbocycles. The summed E-state index contributed by atoms with van der Waals surface area (Å²) in [7, 11) is 0. The molecule has 3 saturated carbocycles. The fourth-order valence-electron chi connectivity index (χ4n) is 6.20. The van der Waals surface area contributed by atoms with Gasteiger partial charge in [0.25, 0.3) is 0 Å². The van der Waals surface area contributed by atoms with Gasteiger partial charge in [-0.05, 0) is 73.5 Å². The summed E-state index contributed by atoms with van der Waals surface area (Å²) in [6.07, 6.45) is 11.4. The molecule has 100 valence electrons. The van der Waals surface area contributed by atoms with Crippen LogP contribution >= 0.6 is 0 Å². The first-order valence-corrected chi connectivity index (χ1v) is 8.06. The maximum Gasteiger partial charge on any atom is 0.0271 e. The summed E-state index contributed by atoms with van der Waals surface area (Å²) >= 11 is 0. The largest absolute Gasteiger partial charge is 0.293 e. The fourth-order valence-corrected chi connectivity index (χ4v) is 6.20. The molecule has 19 heavy (non-hydrogen) atoms. The maximum atomic E-state index is 4.15. The topological polar surface area (TPSA) is 16.1 Å². The first kappa shape index (κ1) is 10.8. The Bertz CT molecular complexity index is 461. The Morgan fingerprint density at radius 3 is 2.21 bits per heavy atom. The summed E-state index contributed by atoms with van der Waals surface area (Å²) in [6, 6.07) is 6.23. The van der Waals surface area contributed by atoms with Crippen molar-refractivity contribution in [2.24, 2.45) is 23.7 Å². The predicted molar refractivity (Wildman–Crippen MR) is 74.4 cm³/mol. The van der Waals surface area contributed by atoms with Crippen LogP contribution in [-0.4, -0.2) is 22.0 Å². The van der Waals surface area contributed by atoms with Crippen LogP contribution in [0.2, 0.25) is 0 Å². The van der Waals surface area contributed by atoms with Gasteiger partial charge in [-0.2, -0.15) is 0 Å². The fraction of sp³-hybridized carbons (Fsp3) is 0.706. The molecule has 1 aromatic rings. The van der Waals surface area contributed by atoms with E-state index in [0.717, 1.165) is 35.8 Å². The zero-order valence-electron chi connectivity index (χ0n) is 11.4. The lowest BCUT2D eigenvalue weighted by molar-refractivity contribution is 0.170. The summed E-state index contributed by atoms with van der Waals surface area (Å²) in [5, 5.41) is 0. The Morgan fingerprint density at radius 2 is 1.58 bits per heavy atom. The third kappa shape index (κ3) is 1.38. The molecule has 0 amide bonds. The summed E-state index contributed by atoms with van der Waals surface area (Å²) in [4.78, 5) is 7.05. The van der Waals surface area contributed by atoms with E-state index in [0.29, 0.717) is 0 Å². The molecule has 0 bridgehead atoms. The van der Waals surface area contributed by atoms with E-state index in [9.17, 15) is 0 Å². The molecule has 4 aliphatic rings. The summed E-state index contributed by atoms with van der Waals surface area (Å²) in [5.41, 5.74) is 1.46. The highest BCUT2D eigenvalue weighted by Crippen LogP contribution is 2.63. The number of hydrogen-bond donors (Lipinski definition) is 0. The highest BCUT2D eigenvalue weighted by atomic mass is 15.2. The van der Waals surface area contributed by atoms with Gasteiger partial charge >= 0.3 is 0 Å². The maximum absolute atomic E-state index is 4.15. The Labute approximate surface area is 115 Å². The van der Waals surface area contributed by atoms with Crippen LogP contribution in [0, 0.1) is 23.7 Å². The monoisotopic (exact) mass is 254 g/mol. The van der Waals surface area contributed by atoms with Crippen molar-refractivity contribution in [3.05, 3.63) is 30.1 Å². The Kier molecular flexibility index (Phi) is 2.18. The molecule has 1 aromatic heterocycles. The third-order valence-corrected chi connectivity index (χ3v) is 6.66. The zero-order chi connectivity index (χ0) is 12.4. The van der Waals surface area contributed by atoms with E-state index in [2.05, 4.69) is 22.0 Å². The summed E-state index contributed by atoms with van der Waals surface area (Å²) in [6.45, 7) is 1.17. The molecule has 2 nitrogen and oxygen atoms in total. The lowest BCUT2D eigenvalue weighted by Gasteiger charge is -2.29. The van der Waals surface area contributed by atoms with E-state index in [1.165, 1.54) is 37.8 Å². The van der Waals surface area contributed by atoms with Gasteiger partial charge in [-0.25, -0.2) is 0 Å². The van der Waals surface area contributed by atoms with Crippen molar-refractivity contribution in [2.45, 2.75) is 50.7 Å². The molecular weight excluding hydrogens is 232 g/mol. The molecule has 1 aliphatic heterocycles. The van der Waals surface area contributed by atoms with Crippen molar-refractivity contribution in [3.63, 3.8) is 0 Å². The average Bonchev–Trinajstić information content (AvgIpc) is 3.13. The molecule has 5 rings (SSSR count). The molecular formula is C17H22N2. The van der Waals surface area contributed by atoms with Gasteiger partial charge in [0.1, 0.15) is 0 Å². The highest BCUT2D eigenvalue weighted by Gasteiger charge is 2.62. The molecule has 0 radical (unpaired) electrons. The van der Waals surface area contributed by atoms with Crippen molar-refractivity contribution in [1.29, 1.82) is 0 Å². The van der Waals surface area contributed by atoms with E-state index in [1.54, 1.807) is 6.42 Å². The van der Waals surface area contributed by atoms with Gasteiger partial charge in [0.15, 0.2) is 0 Å². The second-order valence-electron chi connectivity index (χ2n) is 7.23. The minimum absolute atomic E-state index is 0.915. The Morgan fingerprint density at radius 1 is 0.947 bits per heavy atom. The molecule has 2 heteroatoms. The number of rotatable bonds is 2. The lowest BCUT2D eigenvalue weighted by atomic mass is 9.90. The SMILES string of the molecule is c1cc(CN2C3CCC4CC5CCC2C5C43)ccn1. The van der Waals surface area contributed by atoms with Crippen molar-refractivity contribution < 1.29 is 0 Å². The minimum atomic E-state index is 0.915. The van der Waals surface area contributed by atoms with Gasteiger partial charge in [0.2, 0.25) is 0 Å². The number of pyridine rings is 1. The number of hydrogen-bond acceptors (Lipinski definition) is 2. The van der Waals surface area contributed by atoms with Gasteiger partial charge in [-0.15, -0.1) is 0 Å².